The summed E-state index contributed by atoms with van der Waals surface area (Å²) in [5, 5.41) is 13.6. The third-order valence-corrected chi connectivity index (χ3v) is 6.57. The zero-order chi connectivity index (χ0) is 20.2. The molecule has 2 atom stereocenters. The van der Waals surface area contributed by atoms with Crippen molar-refractivity contribution in [3.63, 3.8) is 0 Å². The van der Waals surface area contributed by atoms with E-state index in [9.17, 15) is 9.50 Å². The standard InChI is InChI=1S/C23H27BrFN3O/c24-18-11-12-19(25)17(14-18)15-26-23(27-20-8-2-4-10-22(20)29)28-13-5-7-16-6-1-3-9-21(16)28/h2,4,8,10-12,14,16,21,29H,1,3,5-7,9,13,15H2,(H,26,27). The van der Waals surface area contributed by atoms with Crippen molar-refractivity contribution in [1.29, 1.82) is 0 Å². The fourth-order valence-corrected chi connectivity index (χ4v) is 5.02. The highest BCUT2D eigenvalue weighted by Gasteiger charge is 2.35. The topological polar surface area (TPSA) is 47.9 Å². The van der Waals surface area contributed by atoms with Crippen LogP contribution in [0, 0.1) is 11.7 Å². The molecule has 2 aliphatic rings. The number of benzene rings is 2. The van der Waals surface area contributed by atoms with Gasteiger partial charge in [0.15, 0.2) is 5.96 Å². The quantitative estimate of drug-likeness (QED) is 0.340. The third-order valence-electron chi connectivity index (χ3n) is 6.07. The van der Waals surface area contributed by atoms with Gasteiger partial charge in [-0.2, -0.15) is 0 Å². The number of fused-ring (bicyclic) bond motifs is 1. The van der Waals surface area contributed by atoms with Crippen LogP contribution in [0.15, 0.2) is 51.9 Å². The minimum atomic E-state index is -0.256. The minimum Gasteiger partial charge on any atom is -0.506 e. The Morgan fingerprint density at radius 1 is 1.14 bits per heavy atom. The zero-order valence-electron chi connectivity index (χ0n) is 16.5. The molecule has 1 saturated heterocycles. The van der Waals surface area contributed by atoms with Crippen molar-refractivity contribution in [3.05, 3.63) is 58.3 Å². The van der Waals surface area contributed by atoms with Crippen molar-refractivity contribution in [2.75, 3.05) is 11.9 Å². The molecule has 2 fully saturated rings. The normalized spacial score (nSPS) is 22.3. The number of nitrogens with zero attached hydrogens (tertiary/aromatic N) is 2. The van der Waals surface area contributed by atoms with E-state index in [0.717, 1.165) is 29.8 Å². The molecule has 2 N–H and O–H groups in total. The number of phenolic OH excluding ortho intramolecular Hbond substituents is 1. The van der Waals surface area contributed by atoms with Crippen LogP contribution >= 0.6 is 15.9 Å². The van der Waals surface area contributed by atoms with Gasteiger partial charge >= 0.3 is 0 Å². The number of anilines is 1. The molecule has 1 saturated carbocycles. The number of aliphatic imine (C=N–C) groups is 1. The second-order valence-electron chi connectivity index (χ2n) is 7.97. The first-order valence-electron chi connectivity index (χ1n) is 10.4. The average molecular weight is 460 g/mol. The summed E-state index contributed by atoms with van der Waals surface area (Å²) in [5.41, 5.74) is 1.17. The van der Waals surface area contributed by atoms with Crippen LogP contribution in [-0.4, -0.2) is 28.6 Å². The Morgan fingerprint density at radius 2 is 1.93 bits per heavy atom. The lowest BCUT2D eigenvalue weighted by Gasteiger charge is -2.45. The lowest BCUT2D eigenvalue weighted by molar-refractivity contribution is 0.119. The molecule has 6 heteroatoms. The molecule has 2 aromatic carbocycles. The van der Waals surface area contributed by atoms with Gasteiger partial charge in [0.2, 0.25) is 0 Å². The van der Waals surface area contributed by atoms with Crippen LogP contribution in [0.2, 0.25) is 0 Å². The second kappa shape index (κ2) is 9.16. The van der Waals surface area contributed by atoms with E-state index < -0.39 is 0 Å². The Labute approximate surface area is 180 Å². The first-order valence-corrected chi connectivity index (χ1v) is 11.2. The van der Waals surface area contributed by atoms with Gasteiger partial charge in [-0.15, -0.1) is 0 Å². The molecule has 2 aromatic rings. The number of para-hydroxylation sites is 2. The van der Waals surface area contributed by atoms with Gasteiger partial charge in [0.05, 0.1) is 12.2 Å². The maximum absolute atomic E-state index is 14.3. The van der Waals surface area contributed by atoms with E-state index >= 15 is 0 Å². The number of phenols is 1. The number of piperidine rings is 1. The van der Waals surface area contributed by atoms with E-state index in [1.165, 1.54) is 31.7 Å². The van der Waals surface area contributed by atoms with Gasteiger partial charge in [0.25, 0.3) is 0 Å². The number of halogens is 2. The van der Waals surface area contributed by atoms with Gasteiger partial charge in [0, 0.05) is 22.6 Å². The highest BCUT2D eigenvalue weighted by Crippen LogP contribution is 2.36. The molecule has 154 valence electrons. The first kappa shape index (κ1) is 20.2. The molecule has 0 amide bonds. The van der Waals surface area contributed by atoms with Crippen LogP contribution in [0.4, 0.5) is 10.1 Å². The number of likely N-dealkylation sites (tertiary alicyclic amines) is 1. The summed E-state index contributed by atoms with van der Waals surface area (Å²) < 4.78 is 15.1. The zero-order valence-corrected chi connectivity index (χ0v) is 18.0. The molecule has 0 spiro atoms. The van der Waals surface area contributed by atoms with Gasteiger partial charge in [-0.1, -0.05) is 40.9 Å². The first-order chi connectivity index (χ1) is 14.1. The van der Waals surface area contributed by atoms with Gasteiger partial charge in [-0.05, 0) is 61.9 Å². The Bertz CT molecular complexity index is 886. The van der Waals surface area contributed by atoms with Crippen molar-refractivity contribution in [1.82, 2.24) is 4.90 Å². The van der Waals surface area contributed by atoms with Crippen molar-refractivity contribution >= 4 is 27.6 Å². The van der Waals surface area contributed by atoms with E-state index in [-0.39, 0.29) is 18.1 Å². The van der Waals surface area contributed by atoms with Gasteiger partial charge in [0.1, 0.15) is 11.6 Å². The fourth-order valence-electron chi connectivity index (χ4n) is 4.61. The molecule has 1 aliphatic carbocycles. The average Bonchev–Trinajstić information content (AvgIpc) is 2.74. The van der Waals surface area contributed by atoms with Gasteiger partial charge < -0.3 is 15.3 Å². The molecular formula is C23H27BrFN3O. The Balaban J connectivity index is 1.64. The van der Waals surface area contributed by atoms with Crippen LogP contribution in [-0.2, 0) is 6.54 Å². The number of guanidine groups is 1. The highest BCUT2D eigenvalue weighted by molar-refractivity contribution is 9.10. The van der Waals surface area contributed by atoms with E-state index in [1.54, 1.807) is 24.3 Å². The summed E-state index contributed by atoms with van der Waals surface area (Å²) in [5.74, 6) is 1.35. The Morgan fingerprint density at radius 3 is 2.79 bits per heavy atom. The molecule has 1 heterocycles. The molecule has 29 heavy (non-hydrogen) atoms. The maximum Gasteiger partial charge on any atom is 0.199 e. The predicted molar refractivity (Wildman–Crippen MR) is 119 cm³/mol. The molecule has 4 nitrogen and oxygen atoms in total. The summed E-state index contributed by atoms with van der Waals surface area (Å²) in [6, 6.07) is 12.6. The van der Waals surface area contributed by atoms with Crippen molar-refractivity contribution < 1.29 is 9.50 Å². The van der Waals surface area contributed by atoms with Crippen LogP contribution in [0.1, 0.15) is 44.1 Å². The minimum absolute atomic E-state index is 0.186. The van der Waals surface area contributed by atoms with Crippen LogP contribution in [0.5, 0.6) is 5.75 Å². The SMILES string of the molecule is Oc1ccccc1NC(=NCc1cc(Br)ccc1F)N1CCCC2CCCCC21. The maximum atomic E-state index is 14.3. The van der Waals surface area contributed by atoms with Crippen molar-refractivity contribution in [2.24, 2.45) is 10.9 Å². The molecule has 0 bridgehead atoms. The summed E-state index contributed by atoms with van der Waals surface area (Å²) in [4.78, 5) is 7.16. The van der Waals surface area contributed by atoms with Crippen LogP contribution < -0.4 is 5.32 Å². The summed E-state index contributed by atoms with van der Waals surface area (Å²) in [6.45, 7) is 1.18. The van der Waals surface area contributed by atoms with Gasteiger partial charge in [-0.3, -0.25) is 0 Å². The number of hydrogen-bond acceptors (Lipinski definition) is 2. The van der Waals surface area contributed by atoms with E-state index in [1.807, 2.05) is 12.1 Å². The fraction of sp³-hybridized carbons (Fsp3) is 0.435. The van der Waals surface area contributed by atoms with E-state index in [0.29, 0.717) is 23.2 Å². The number of aromatic hydroxyl groups is 1. The molecule has 0 aromatic heterocycles. The largest absolute Gasteiger partial charge is 0.506 e. The van der Waals surface area contributed by atoms with Crippen LogP contribution in [0.3, 0.4) is 0 Å². The molecule has 4 rings (SSSR count). The van der Waals surface area contributed by atoms with Crippen molar-refractivity contribution in [3.8, 4) is 5.75 Å². The van der Waals surface area contributed by atoms with E-state index in [2.05, 4.69) is 26.1 Å². The van der Waals surface area contributed by atoms with Crippen LogP contribution in [0.25, 0.3) is 0 Å². The molecular weight excluding hydrogens is 433 g/mol. The predicted octanol–water partition coefficient (Wildman–Crippen LogP) is 5.92. The summed E-state index contributed by atoms with van der Waals surface area (Å²) in [6.07, 6.45) is 7.38. The summed E-state index contributed by atoms with van der Waals surface area (Å²) in [7, 11) is 0. The van der Waals surface area contributed by atoms with Gasteiger partial charge in [-0.25, -0.2) is 9.38 Å². The molecule has 2 unspecified atom stereocenters. The Kier molecular flexibility index (Phi) is 6.38. The third kappa shape index (κ3) is 4.74. The second-order valence-corrected chi connectivity index (χ2v) is 8.88. The van der Waals surface area contributed by atoms with Crippen molar-refractivity contribution in [2.45, 2.75) is 51.1 Å². The summed E-state index contributed by atoms with van der Waals surface area (Å²) >= 11 is 3.41. The monoisotopic (exact) mass is 459 g/mol. The lowest BCUT2D eigenvalue weighted by atomic mass is 9.78. The molecule has 1 aliphatic heterocycles. The van der Waals surface area contributed by atoms with E-state index in [4.69, 9.17) is 4.99 Å². The number of hydrogen-bond donors (Lipinski definition) is 2. The number of rotatable bonds is 3. The molecule has 0 radical (unpaired) electrons. The number of nitrogens with one attached hydrogen (secondary N) is 1. The Hall–Kier alpha value is -2.08. The highest BCUT2D eigenvalue weighted by atomic mass is 79.9. The smallest absolute Gasteiger partial charge is 0.199 e. The lowest BCUT2D eigenvalue weighted by Crippen LogP contribution is -2.51.